The van der Waals surface area contributed by atoms with E-state index in [2.05, 4.69) is 15.0 Å². The summed E-state index contributed by atoms with van der Waals surface area (Å²) in [5, 5.41) is 0.765. The van der Waals surface area contributed by atoms with Gasteiger partial charge in [-0.3, -0.25) is 4.79 Å². The number of aromatic amines is 1. The molecule has 1 N–H and O–H groups in total. The van der Waals surface area contributed by atoms with Crippen molar-refractivity contribution in [3.05, 3.63) is 23.2 Å². The van der Waals surface area contributed by atoms with E-state index in [-0.39, 0.29) is 5.28 Å². The van der Waals surface area contributed by atoms with E-state index >= 15 is 0 Å². The van der Waals surface area contributed by atoms with Gasteiger partial charge in [0.05, 0.1) is 0 Å². The fourth-order valence-corrected chi connectivity index (χ4v) is 1.20. The van der Waals surface area contributed by atoms with Crippen molar-refractivity contribution >= 4 is 28.9 Å². The normalized spacial score (nSPS) is 10.4. The van der Waals surface area contributed by atoms with Gasteiger partial charge >= 0.3 is 0 Å². The van der Waals surface area contributed by atoms with E-state index in [1.165, 1.54) is 0 Å². The molecule has 0 aliphatic carbocycles. The maximum atomic E-state index is 10.5. The third-order valence-corrected chi connectivity index (χ3v) is 1.70. The Balaban J connectivity index is 2.88. The molecule has 2 aromatic rings. The predicted octanol–water partition coefficient (Wildman–Crippen LogP) is 1.42. The quantitative estimate of drug-likeness (QED) is 0.535. The van der Waals surface area contributed by atoms with E-state index in [1.807, 2.05) is 0 Å². The van der Waals surface area contributed by atoms with Gasteiger partial charge in [-0.25, -0.2) is 4.98 Å². The maximum Gasteiger partial charge on any atom is 0.225 e. The number of nitrogens with zero attached hydrogens (tertiary/aromatic N) is 2. The molecule has 60 valence electrons. The molecule has 0 saturated heterocycles. The van der Waals surface area contributed by atoms with Crippen molar-refractivity contribution in [2.24, 2.45) is 0 Å². The van der Waals surface area contributed by atoms with Crippen LogP contribution in [0.4, 0.5) is 0 Å². The standard InChI is InChI=1S/C7H4ClN3O/c8-7-10-5(3-12)4-1-2-9-6(4)11-7/h1-3H,(H,9,10,11). The van der Waals surface area contributed by atoms with Crippen LogP contribution >= 0.6 is 11.6 Å². The zero-order valence-corrected chi connectivity index (χ0v) is 6.67. The van der Waals surface area contributed by atoms with Gasteiger partial charge in [-0.2, -0.15) is 4.98 Å². The molecule has 0 saturated carbocycles. The number of halogens is 1. The Morgan fingerprint density at radius 2 is 2.33 bits per heavy atom. The number of hydrogen-bond acceptors (Lipinski definition) is 3. The zero-order chi connectivity index (χ0) is 8.55. The van der Waals surface area contributed by atoms with E-state index in [0.717, 1.165) is 0 Å². The van der Waals surface area contributed by atoms with Gasteiger partial charge in [-0.15, -0.1) is 0 Å². The van der Waals surface area contributed by atoms with Crippen LogP contribution < -0.4 is 0 Å². The number of aromatic nitrogens is 3. The number of carbonyl (C=O) groups is 1. The number of aldehydes is 1. The van der Waals surface area contributed by atoms with Crippen molar-refractivity contribution in [2.75, 3.05) is 0 Å². The molecule has 5 heteroatoms. The number of rotatable bonds is 1. The van der Waals surface area contributed by atoms with Gasteiger partial charge in [0.2, 0.25) is 5.28 Å². The van der Waals surface area contributed by atoms with Gasteiger partial charge in [0.25, 0.3) is 0 Å². The molecule has 0 aromatic carbocycles. The molecule has 0 aliphatic rings. The molecule has 0 fully saturated rings. The number of fused-ring (bicyclic) bond motifs is 1. The maximum absolute atomic E-state index is 10.5. The number of nitrogens with one attached hydrogen (secondary N) is 1. The highest BCUT2D eigenvalue weighted by atomic mass is 35.5. The predicted molar refractivity (Wildman–Crippen MR) is 44.3 cm³/mol. The van der Waals surface area contributed by atoms with Gasteiger partial charge < -0.3 is 4.98 Å². The molecule has 0 amide bonds. The van der Waals surface area contributed by atoms with Crippen LogP contribution in [0.1, 0.15) is 10.5 Å². The van der Waals surface area contributed by atoms with Gasteiger partial charge in [-0.1, -0.05) is 0 Å². The zero-order valence-electron chi connectivity index (χ0n) is 5.91. The number of carbonyl (C=O) groups excluding carboxylic acids is 1. The summed E-state index contributed by atoms with van der Waals surface area (Å²) < 4.78 is 0. The summed E-state index contributed by atoms with van der Waals surface area (Å²) in [4.78, 5) is 21.0. The summed E-state index contributed by atoms with van der Waals surface area (Å²) in [6.07, 6.45) is 2.34. The van der Waals surface area contributed by atoms with E-state index in [9.17, 15) is 4.79 Å². The van der Waals surface area contributed by atoms with Crippen LogP contribution in [0.25, 0.3) is 11.0 Å². The Morgan fingerprint density at radius 3 is 3.08 bits per heavy atom. The Bertz CT molecular complexity index is 437. The van der Waals surface area contributed by atoms with Gasteiger partial charge in [0.15, 0.2) is 6.29 Å². The van der Waals surface area contributed by atoms with Crippen molar-refractivity contribution in [2.45, 2.75) is 0 Å². The molecule has 0 radical (unpaired) electrons. The van der Waals surface area contributed by atoms with Crippen molar-refractivity contribution in [1.29, 1.82) is 0 Å². The topological polar surface area (TPSA) is 58.6 Å². The third kappa shape index (κ3) is 0.967. The average molecular weight is 182 g/mol. The molecule has 0 aliphatic heterocycles. The minimum Gasteiger partial charge on any atom is -0.346 e. The molecular formula is C7H4ClN3O. The van der Waals surface area contributed by atoms with Crippen molar-refractivity contribution in [3.63, 3.8) is 0 Å². The second kappa shape index (κ2) is 2.57. The fourth-order valence-electron chi connectivity index (χ4n) is 1.03. The molecule has 0 atom stereocenters. The van der Waals surface area contributed by atoms with E-state index in [0.29, 0.717) is 23.0 Å². The lowest BCUT2D eigenvalue weighted by atomic mass is 10.3. The molecule has 2 aromatic heterocycles. The molecular weight excluding hydrogens is 178 g/mol. The first kappa shape index (κ1) is 7.24. The van der Waals surface area contributed by atoms with E-state index in [1.54, 1.807) is 12.3 Å². The Labute approximate surface area is 72.6 Å². The largest absolute Gasteiger partial charge is 0.346 e. The lowest BCUT2D eigenvalue weighted by Crippen LogP contribution is -1.91. The van der Waals surface area contributed by atoms with E-state index < -0.39 is 0 Å². The summed E-state index contributed by atoms with van der Waals surface area (Å²) >= 11 is 5.56. The fraction of sp³-hybridized carbons (Fsp3) is 0. The molecule has 0 spiro atoms. The van der Waals surface area contributed by atoms with Crippen LogP contribution in [-0.4, -0.2) is 21.2 Å². The minimum absolute atomic E-state index is 0.0760. The van der Waals surface area contributed by atoms with Crippen molar-refractivity contribution in [1.82, 2.24) is 15.0 Å². The second-order valence-electron chi connectivity index (χ2n) is 2.24. The summed E-state index contributed by atoms with van der Waals surface area (Å²) in [5.41, 5.74) is 0.892. The van der Waals surface area contributed by atoms with Crippen LogP contribution in [0, 0.1) is 0 Å². The first-order valence-electron chi connectivity index (χ1n) is 3.27. The van der Waals surface area contributed by atoms with Gasteiger partial charge in [-0.05, 0) is 17.7 Å². The van der Waals surface area contributed by atoms with Crippen LogP contribution in [0.3, 0.4) is 0 Å². The van der Waals surface area contributed by atoms with Gasteiger partial charge in [0, 0.05) is 11.6 Å². The first-order chi connectivity index (χ1) is 5.81. The summed E-state index contributed by atoms with van der Waals surface area (Å²) in [6, 6.07) is 1.73. The molecule has 2 rings (SSSR count). The Kier molecular flexibility index (Phi) is 1.55. The Hall–Kier alpha value is -1.42. The number of hydrogen-bond donors (Lipinski definition) is 1. The lowest BCUT2D eigenvalue weighted by Gasteiger charge is -1.93. The van der Waals surface area contributed by atoms with Crippen molar-refractivity contribution in [3.8, 4) is 0 Å². The molecule has 2 heterocycles. The Morgan fingerprint density at radius 1 is 1.50 bits per heavy atom. The highest BCUT2D eigenvalue weighted by Crippen LogP contribution is 2.14. The first-order valence-corrected chi connectivity index (χ1v) is 3.65. The third-order valence-electron chi connectivity index (χ3n) is 1.53. The molecule has 4 nitrogen and oxygen atoms in total. The smallest absolute Gasteiger partial charge is 0.225 e. The molecule has 12 heavy (non-hydrogen) atoms. The van der Waals surface area contributed by atoms with Crippen LogP contribution in [0.5, 0.6) is 0 Å². The average Bonchev–Trinajstić information content (AvgIpc) is 2.50. The summed E-state index contributed by atoms with van der Waals surface area (Å²) in [7, 11) is 0. The van der Waals surface area contributed by atoms with E-state index in [4.69, 9.17) is 11.6 Å². The van der Waals surface area contributed by atoms with Crippen LogP contribution in [-0.2, 0) is 0 Å². The summed E-state index contributed by atoms with van der Waals surface area (Å²) in [6.45, 7) is 0. The molecule has 0 bridgehead atoms. The monoisotopic (exact) mass is 181 g/mol. The summed E-state index contributed by atoms with van der Waals surface area (Å²) in [5.74, 6) is 0. The van der Waals surface area contributed by atoms with Crippen LogP contribution in [0.15, 0.2) is 12.3 Å². The van der Waals surface area contributed by atoms with Gasteiger partial charge in [0.1, 0.15) is 11.3 Å². The molecule has 0 unspecified atom stereocenters. The minimum atomic E-state index is 0.0760. The SMILES string of the molecule is O=Cc1nc(Cl)nc2[nH]ccc12. The van der Waals surface area contributed by atoms with Crippen LogP contribution in [0.2, 0.25) is 5.28 Å². The second-order valence-corrected chi connectivity index (χ2v) is 2.57. The lowest BCUT2D eigenvalue weighted by molar-refractivity contribution is 0.112. The highest BCUT2D eigenvalue weighted by Gasteiger charge is 2.05. The van der Waals surface area contributed by atoms with Crippen molar-refractivity contribution < 1.29 is 4.79 Å². The highest BCUT2D eigenvalue weighted by molar-refractivity contribution is 6.28. The number of H-pyrrole nitrogens is 1.